The van der Waals surface area contributed by atoms with Crippen LogP contribution in [0.3, 0.4) is 0 Å². The highest BCUT2D eigenvalue weighted by Gasteiger charge is 2.44. The molecular weight excluding hydrogens is 285 g/mol. The van der Waals surface area contributed by atoms with Crippen molar-refractivity contribution in [2.75, 3.05) is 26.3 Å². The topological polar surface area (TPSA) is 49.8 Å². The lowest BCUT2D eigenvalue weighted by molar-refractivity contribution is -0.144. The van der Waals surface area contributed by atoms with Gasteiger partial charge in [0.15, 0.2) is 0 Å². The van der Waals surface area contributed by atoms with Crippen molar-refractivity contribution >= 4 is 5.91 Å². The number of carbonyl (C=O) groups excluding carboxylic acids is 1. The van der Waals surface area contributed by atoms with Crippen LogP contribution in [0.15, 0.2) is 24.3 Å². The molecule has 0 bridgehead atoms. The number of halogens is 1. The molecule has 0 aliphatic carbocycles. The Labute approximate surface area is 129 Å². The van der Waals surface area contributed by atoms with E-state index >= 15 is 0 Å². The van der Waals surface area contributed by atoms with E-state index in [0.717, 1.165) is 18.4 Å². The van der Waals surface area contributed by atoms with E-state index in [-0.39, 0.29) is 11.7 Å². The summed E-state index contributed by atoms with van der Waals surface area (Å²) in [5, 5.41) is 9.85. The van der Waals surface area contributed by atoms with Crippen LogP contribution < -0.4 is 0 Å². The number of rotatable bonds is 2. The van der Waals surface area contributed by atoms with Crippen molar-refractivity contribution in [2.24, 2.45) is 0 Å². The van der Waals surface area contributed by atoms with Crippen molar-refractivity contribution in [3.8, 4) is 0 Å². The summed E-state index contributed by atoms with van der Waals surface area (Å²) in [4.78, 5) is 14.9. The zero-order valence-electron chi connectivity index (χ0n) is 12.6. The molecule has 1 unspecified atom stereocenters. The monoisotopic (exact) mass is 307 g/mol. The summed E-state index contributed by atoms with van der Waals surface area (Å²) < 4.78 is 18.7. The summed E-state index contributed by atoms with van der Waals surface area (Å²) >= 11 is 0. The lowest BCUT2D eigenvalue weighted by Crippen LogP contribution is -2.53. The Morgan fingerprint density at radius 3 is 2.59 bits per heavy atom. The number of aliphatic hydroxyl groups is 1. The van der Waals surface area contributed by atoms with Gasteiger partial charge >= 0.3 is 0 Å². The predicted octanol–water partition coefficient (Wildman–Crippen LogP) is 1.86. The van der Waals surface area contributed by atoms with Crippen molar-refractivity contribution in [3.05, 3.63) is 35.6 Å². The van der Waals surface area contributed by atoms with E-state index in [1.807, 2.05) is 0 Å². The van der Waals surface area contributed by atoms with Gasteiger partial charge in [0.2, 0.25) is 5.91 Å². The van der Waals surface area contributed by atoms with Crippen molar-refractivity contribution in [3.63, 3.8) is 0 Å². The minimum atomic E-state index is -0.650. The Hall–Kier alpha value is -1.46. The summed E-state index contributed by atoms with van der Waals surface area (Å²) in [6, 6.07) is 6.23. The lowest BCUT2D eigenvalue weighted by Gasteiger charge is -2.42. The molecule has 4 nitrogen and oxygen atoms in total. The number of ether oxygens (including phenoxy) is 1. The highest BCUT2D eigenvalue weighted by atomic mass is 19.1. The van der Waals surface area contributed by atoms with E-state index in [2.05, 4.69) is 0 Å². The molecule has 0 spiro atoms. The molecule has 2 saturated heterocycles. The second-order valence-electron chi connectivity index (χ2n) is 6.25. The Balaban J connectivity index is 1.91. The Morgan fingerprint density at radius 2 is 1.95 bits per heavy atom. The van der Waals surface area contributed by atoms with Crippen molar-refractivity contribution in [2.45, 2.75) is 37.2 Å². The van der Waals surface area contributed by atoms with Crippen LogP contribution in [0, 0.1) is 5.82 Å². The number of amides is 1. The smallest absolute Gasteiger partial charge is 0.233 e. The average Bonchev–Trinajstić information content (AvgIpc) is 2.55. The van der Waals surface area contributed by atoms with Gasteiger partial charge in [0.05, 0.1) is 11.5 Å². The molecule has 22 heavy (non-hydrogen) atoms. The standard InChI is InChI=1S/C17H22FNO3/c18-14-5-3-13(4-6-14)17(7-10-22-11-8-17)16(21)19-9-1-2-15(20)12-19/h3-6,15,20H,1-2,7-12H2. The lowest BCUT2D eigenvalue weighted by atomic mass is 9.72. The Bertz CT molecular complexity index is 525. The van der Waals surface area contributed by atoms with Crippen LogP contribution in [0.4, 0.5) is 4.39 Å². The third-order valence-electron chi connectivity index (χ3n) is 4.84. The quantitative estimate of drug-likeness (QED) is 0.907. The summed E-state index contributed by atoms with van der Waals surface area (Å²) in [5.41, 5.74) is 0.200. The number of carbonyl (C=O) groups is 1. The van der Waals surface area contributed by atoms with Gasteiger partial charge in [0, 0.05) is 26.3 Å². The molecule has 2 aliphatic heterocycles. The number of β-amino-alcohol motifs (C(OH)–C–C–N with tert-alkyl or cyclic N) is 1. The maximum Gasteiger partial charge on any atom is 0.233 e. The highest BCUT2D eigenvalue weighted by molar-refractivity contribution is 5.88. The second-order valence-corrected chi connectivity index (χ2v) is 6.25. The minimum Gasteiger partial charge on any atom is -0.391 e. The maximum atomic E-state index is 13.2. The van der Waals surface area contributed by atoms with Crippen molar-refractivity contribution < 1.29 is 19.0 Å². The zero-order chi connectivity index (χ0) is 15.6. The number of nitrogens with zero attached hydrogens (tertiary/aromatic N) is 1. The van der Waals surface area contributed by atoms with Gasteiger partial charge in [-0.3, -0.25) is 4.79 Å². The first-order chi connectivity index (χ1) is 10.6. The van der Waals surface area contributed by atoms with E-state index in [0.29, 0.717) is 39.1 Å². The van der Waals surface area contributed by atoms with E-state index in [1.165, 1.54) is 12.1 Å². The summed E-state index contributed by atoms with van der Waals surface area (Å²) in [7, 11) is 0. The van der Waals surface area contributed by atoms with Crippen LogP contribution in [0.2, 0.25) is 0 Å². The summed E-state index contributed by atoms with van der Waals surface area (Å²) in [6.45, 7) is 2.13. The molecule has 0 saturated carbocycles. The molecule has 2 heterocycles. The van der Waals surface area contributed by atoms with Crippen LogP contribution in [0.5, 0.6) is 0 Å². The SMILES string of the molecule is O=C(N1CCCC(O)C1)C1(c2ccc(F)cc2)CCOCC1. The molecule has 0 aromatic heterocycles. The molecule has 1 atom stereocenters. The summed E-state index contributed by atoms with van der Waals surface area (Å²) in [5.74, 6) is -0.257. The van der Waals surface area contributed by atoms with Gasteiger partial charge in [0.1, 0.15) is 5.82 Å². The molecule has 5 heteroatoms. The van der Waals surface area contributed by atoms with Gasteiger partial charge < -0.3 is 14.7 Å². The molecule has 1 N–H and O–H groups in total. The van der Waals surface area contributed by atoms with E-state index in [9.17, 15) is 14.3 Å². The van der Waals surface area contributed by atoms with Gasteiger partial charge in [-0.05, 0) is 43.4 Å². The molecule has 0 radical (unpaired) electrons. The summed E-state index contributed by atoms with van der Waals surface area (Å²) in [6.07, 6.45) is 2.33. The van der Waals surface area contributed by atoms with Crippen LogP contribution in [-0.2, 0) is 14.9 Å². The van der Waals surface area contributed by atoms with E-state index in [4.69, 9.17) is 4.74 Å². The minimum absolute atomic E-state index is 0.0427. The molecule has 1 aromatic carbocycles. The fourth-order valence-corrected chi connectivity index (χ4v) is 3.56. The Morgan fingerprint density at radius 1 is 1.27 bits per heavy atom. The molecule has 1 aromatic rings. The predicted molar refractivity (Wildman–Crippen MR) is 80.0 cm³/mol. The molecule has 2 aliphatic rings. The van der Waals surface area contributed by atoms with Crippen molar-refractivity contribution in [1.29, 1.82) is 0 Å². The number of benzene rings is 1. The van der Waals surface area contributed by atoms with E-state index in [1.54, 1.807) is 17.0 Å². The number of likely N-dealkylation sites (tertiary alicyclic amines) is 1. The third kappa shape index (κ3) is 2.88. The maximum absolute atomic E-state index is 13.2. The fourth-order valence-electron chi connectivity index (χ4n) is 3.56. The number of hydrogen-bond donors (Lipinski definition) is 1. The van der Waals surface area contributed by atoms with Crippen molar-refractivity contribution in [1.82, 2.24) is 4.90 Å². The molecule has 3 rings (SSSR count). The Kier molecular flexibility index (Phi) is 4.45. The van der Waals surface area contributed by atoms with Gasteiger partial charge in [-0.25, -0.2) is 4.39 Å². The normalized spacial score (nSPS) is 25.0. The van der Waals surface area contributed by atoms with Crippen LogP contribution in [0.1, 0.15) is 31.2 Å². The number of piperidine rings is 1. The van der Waals surface area contributed by atoms with E-state index < -0.39 is 11.5 Å². The van der Waals surface area contributed by atoms with Crippen LogP contribution in [0.25, 0.3) is 0 Å². The highest BCUT2D eigenvalue weighted by Crippen LogP contribution is 2.37. The third-order valence-corrected chi connectivity index (χ3v) is 4.84. The van der Waals surface area contributed by atoms with Gasteiger partial charge in [0.25, 0.3) is 0 Å². The molecule has 120 valence electrons. The number of hydrogen-bond acceptors (Lipinski definition) is 3. The molecular formula is C17H22FNO3. The first kappa shape index (κ1) is 15.4. The zero-order valence-corrected chi connectivity index (χ0v) is 12.6. The molecule has 2 fully saturated rings. The average molecular weight is 307 g/mol. The fraction of sp³-hybridized carbons (Fsp3) is 0.588. The van der Waals surface area contributed by atoms with Crippen LogP contribution >= 0.6 is 0 Å². The number of aliphatic hydroxyl groups excluding tert-OH is 1. The van der Waals surface area contributed by atoms with Gasteiger partial charge in [-0.2, -0.15) is 0 Å². The second kappa shape index (κ2) is 6.34. The largest absolute Gasteiger partial charge is 0.391 e. The first-order valence-electron chi connectivity index (χ1n) is 7.93. The first-order valence-corrected chi connectivity index (χ1v) is 7.93. The van der Waals surface area contributed by atoms with Crippen LogP contribution in [-0.4, -0.2) is 48.3 Å². The van der Waals surface area contributed by atoms with Gasteiger partial charge in [-0.1, -0.05) is 12.1 Å². The van der Waals surface area contributed by atoms with Gasteiger partial charge in [-0.15, -0.1) is 0 Å². The molecule has 1 amide bonds.